The molecule has 1 unspecified atom stereocenters. The topological polar surface area (TPSA) is 21.3 Å². The first-order valence-corrected chi connectivity index (χ1v) is 8.53. The molecule has 1 atom stereocenters. The molecule has 0 saturated carbocycles. The molecule has 16 heavy (non-hydrogen) atoms. The molecule has 0 radical (unpaired) electrons. The van der Waals surface area contributed by atoms with Gasteiger partial charge in [0.1, 0.15) is 0 Å². The molecule has 0 aromatic carbocycles. The van der Waals surface area contributed by atoms with Gasteiger partial charge in [-0.2, -0.15) is 0 Å². The Kier molecular flexibility index (Phi) is 4.04. The first kappa shape index (κ1) is 14.3. The summed E-state index contributed by atoms with van der Waals surface area (Å²) in [6.07, 6.45) is 5.79. The summed E-state index contributed by atoms with van der Waals surface area (Å²) in [7, 11) is -0.950. The molecule has 1 fully saturated rings. The molecule has 3 heteroatoms. The quantitative estimate of drug-likeness (QED) is 0.827. The van der Waals surface area contributed by atoms with Gasteiger partial charge in [0.2, 0.25) is 0 Å². The molecule has 0 bridgehead atoms. The Morgan fingerprint density at radius 3 is 2.25 bits per heavy atom. The van der Waals surface area contributed by atoms with Crippen molar-refractivity contribution in [1.29, 1.82) is 0 Å². The molecule has 1 N–H and O–H groups in total. The largest absolute Gasteiger partial charge is 0.336 e. The maximum absolute atomic E-state index is 6.21. The number of hydrogen-bond donors (Lipinski definition) is 1. The van der Waals surface area contributed by atoms with Gasteiger partial charge in [0.25, 0.3) is 0 Å². The van der Waals surface area contributed by atoms with Crippen LogP contribution in [0.1, 0.15) is 41.0 Å². The molecule has 98 valence electrons. The monoisotopic (exact) mass is 247 g/mol. The summed E-state index contributed by atoms with van der Waals surface area (Å²) in [5.74, 6) is 0.684. The zero-order valence-corrected chi connectivity index (χ0v) is 12.8. The second kappa shape index (κ2) is 4.51. The first-order valence-electron chi connectivity index (χ1n) is 6.16. The average Bonchev–Trinajstić information content (AvgIpc) is 2.40. The Bertz CT molecular complexity index is 243. The Morgan fingerprint density at radius 1 is 1.31 bits per heavy atom. The second-order valence-corrected chi connectivity index (χ2v) is 10.9. The zero-order chi connectivity index (χ0) is 12.6. The van der Waals surface area contributed by atoms with Crippen molar-refractivity contribution in [2.45, 2.75) is 51.3 Å². The van der Waals surface area contributed by atoms with Crippen LogP contribution in [-0.2, 0) is 4.18 Å². The third-order valence-electron chi connectivity index (χ3n) is 3.74. The predicted octanol–water partition coefficient (Wildman–Crippen LogP) is 3.17. The summed E-state index contributed by atoms with van der Waals surface area (Å²) < 4.78 is 6.49. The maximum Gasteiger partial charge on any atom is 0.0633 e. The fourth-order valence-electron chi connectivity index (χ4n) is 1.85. The highest BCUT2D eigenvalue weighted by atomic mass is 32.3. The number of nitrogens with one attached hydrogen (secondary N) is 1. The molecular formula is C13H29NOS. The zero-order valence-electron chi connectivity index (χ0n) is 12.0. The van der Waals surface area contributed by atoms with Gasteiger partial charge in [-0.05, 0) is 38.7 Å². The van der Waals surface area contributed by atoms with E-state index in [4.69, 9.17) is 4.18 Å². The van der Waals surface area contributed by atoms with E-state index in [1.54, 1.807) is 0 Å². The van der Waals surface area contributed by atoms with Crippen molar-refractivity contribution >= 4 is 10.3 Å². The molecule has 2 nitrogen and oxygen atoms in total. The predicted molar refractivity (Wildman–Crippen MR) is 75.3 cm³/mol. The summed E-state index contributed by atoms with van der Waals surface area (Å²) in [5.41, 5.74) is 0.301. The number of rotatable bonds is 3. The smallest absolute Gasteiger partial charge is 0.0633 e. The van der Waals surface area contributed by atoms with E-state index in [0.717, 1.165) is 13.2 Å². The van der Waals surface area contributed by atoms with Crippen LogP contribution in [0.2, 0.25) is 0 Å². The van der Waals surface area contributed by atoms with E-state index in [1.165, 1.54) is 6.42 Å². The summed E-state index contributed by atoms with van der Waals surface area (Å²) in [5, 5.41) is 3.55. The molecule has 0 aromatic rings. The summed E-state index contributed by atoms with van der Waals surface area (Å²) >= 11 is 0. The van der Waals surface area contributed by atoms with Gasteiger partial charge in [0, 0.05) is 16.8 Å². The molecule has 1 heterocycles. The van der Waals surface area contributed by atoms with Crippen molar-refractivity contribution in [2.75, 3.05) is 25.7 Å². The van der Waals surface area contributed by atoms with E-state index in [0.29, 0.717) is 11.5 Å². The summed E-state index contributed by atoms with van der Waals surface area (Å²) in [6, 6.07) is 0. The van der Waals surface area contributed by atoms with Crippen LogP contribution in [0.4, 0.5) is 0 Å². The van der Waals surface area contributed by atoms with Crippen molar-refractivity contribution in [1.82, 2.24) is 5.32 Å². The van der Waals surface area contributed by atoms with Gasteiger partial charge in [0.05, 0.1) is 6.61 Å². The van der Waals surface area contributed by atoms with Gasteiger partial charge >= 0.3 is 0 Å². The molecule has 0 aromatic heterocycles. The third kappa shape index (κ3) is 3.64. The third-order valence-corrected chi connectivity index (χ3v) is 7.42. The van der Waals surface area contributed by atoms with E-state index in [1.807, 2.05) is 0 Å². The summed E-state index contributed by atoms with van der Waals surface area (Å²) in [6.45, 7) is 13.4. The maximum atomic E-state index is 6.21. The molecule has 0 spiro atoms. The highest BCUT2D eigenvalue weighted by molar-refractivity contribution is 8.29. The van der Waals surface area contributed by atoms with Crippen LogP contribution >= 0.6 is 10.3 Å². The van der Waals surface area contributed by atoms with Crippen LogP contribution in [0.15, 0.2) is 0 Å². The van der Waals surface area contributed by atoms with E-state index >= 15 is 0 Å². The normalized spacial score (nSPS) is 27.1. The average molecular weight is 247 g/mol. The van der Waals surface area contributed by atoms with E-state index in [-0.39, 0.29) is 4.75 Å². The molecule has 1 saturated heterocycles. The minimum absolute atomic E-state index is 0.272. The van der Waals surface area contributed by atoms with Gasteiger partial charge in [-0.3, -0.25) is 0 Å². The Hall–Kier alpha value is 0.270. The molecule has 1 aliphatic heterocycles. The summed E-state index contributed by atoms with van der Waals surface area (Å²) in [4.78, 5) is 0. The van der Waals surface area contributed by atoms with Gasteiger partial charge in [-0.25, -0.2) is 0 Å². The lowest BCUT2D eigenvalue weighted by atomic mass is 9.98. The second-order valence-electron chi connectivity index (χ2n) is 6.96. The van der Waals surface area contributed by atoms with E-state index in [2.05, 4.69) is 52.4 Å². The Morgan fingerprint density at radius 2 is 1.88 bits per heavy atom. The van der Waals surface area contributed by atoms with Crippen molar-refractivity contribution in [3.8, 4) is 0 Å². The lowest BCUT2D eigenvalue weighted by Crippen LogP contribution is -2.31. The SMILES string of the molecule is CC1(C)CC(COS(C)(C)C(C)(C)C)CN1. The molecule has 0 amide bonds. The van der Waals surface area contributed by atoms with Crippen molar-refractivity contribution in [2.24, 2.45) is 5.92 Å². The molecule has 1 rings (SSSR count). The standard InChI is InChI=1S/C13H29NOS/c1-12(2,3)16(6,7)15-10-11-8-13(4,5)14-9-11/h11,14H,8-10H2,1-7H3. The highest BCUT2D eigenvalue weighted by Gasteiger charge is 2.33. The molecular weight excluding hydrogens is 218 g/mol. The molecule has 0 aliphatic carbocycles. The van der Waals surface area contributed by atoms with Crippen LogP contribution in [0.25, 0.3) is 0 Å². The van der Waals surface area contributed by atoms with Crippen LogP contribution in [0.3, 0.4) is 0 Å². The van der Waals surface area contributed by atoms with Crippen molar-refractivity contribution in [3.05, 3.63) is 0 Å². The minimum Gasteiger partial charge on any atom is -0.336 e. The first-order chi connectivity index (χ1) is 7.04. The van der Waals surface area contributed by atoms with Crippen molar-refractivity contribution in [3.63, 3.8) is 0 Å². The number of hydrogen-bond acceptors (Lipinski definition) is 2. The minimum atomic E-state index is -0.950. The highest BCUT2D eigenvalue weighted by Crippen LogP contribution is 2.54. The van der Waals surface area contributed by atoms with E-state index in [9.17, 15) is 0 Å². The lowest BCUT2D eigenvalue weighted by Gasteiger charge is -2.44. The van der Waals surface area contributed by atoms with Gasteiger partial charge in [0.15, 0.2) is 0 Å². The van der Waals surface area contributed by atoms with Gasteiger partial charge in [-0.1, -0.05) is 20.8 Å². The Balaban J connectivity index is 2.42. The van der Waals surface area contributed by atoms with Gasteiger partial charge < -0.3 is 9.50 Å². The fourth-order valence-corrected chi connectivity index (χ4v) is 2.73. The van der Waals surface area contributed by atoms with E-state index < -0.39 is 10.3 Å². The van der Waals surface area contributed by atoms with Crippen LogP contribution in [0, 0.1) is 5.92 Å². The van der Waals surface area contributed by atoms with Crippen LogP contribution in [0.5, 0.6) is 0 Å². The Labute approximate surface area is 103 Å². The fraction of sp³-hybridized carbons (Fsp3) is 1.00. The van der Waals surface area contributed by atoms with Crippen LogP contribution in [-0.4, -0.2) is 35.9 Å². The van der Waals surface area contributed by atoms with Crippen LogP contribution < -0.4 is 5.32 Å². The molecule has 1 aliphatic rings. The lowest BCUT2D eigenvalue weighted by molar-refractivity contribution is 0.277. The van der Waals surface area contributed by atoms with Crippen molar-refractivity contribution < 1.29 is 4.18 Å². The van der Waals surface area contributed by atoms with Gasteiger partial charge in [-0.15, -0.1) is 10.3 Å².